The molecule has 47 valence electrons. The largest absolute Gasteiger partial charge is 0.366 e. The number of rotatable bonds is 2. The quantitative estimate of drug-likeness (QED) is 0.518. The highest BCUT2D eigenvalue weighted by atomic mass is 16.1. The van der Waals surface area contributed by atoms with Crippen LogP contribution in [-0.4, -0.2) is 19.6 Å². The van der Waals surface area contributed by atoms with E-state index in [2.05, 4.69) is 5.32 Å². The van der Waals surface area contributed by atoms with Gasteiger partial charge in [0.1, 0.15) is 0 Å². The van der Waals surface area contributed by atoms with Crippen molar-refractivity contribution in [2.75, 3.05) is 6.54 Å². The van der Waals surface area contributed by atoms with Crippen molar-refractivity contribution in [3.8, 4) is 0 Å². The van der Waals surface area contributed by atoms with Crippen LogP contribution in [0.1, 0.15) is 6.92 Å². The highest BCUT2D eigenvalue weighted by Gasteiger charge is 1.90. The molecule has 0 rings (SSSR count). The molecule has 0 aromatic carbocycles. The molecule has 4 N–H and O–H groups in total. The molecular formula is C4H12BN2O. The Morgan fingerprint density at radius 2 is 2.25 bits per heavy atom. The van der Waals surface area contributed by atoms with Crippen molar-refractivity contribution in [1.82, 2.24) is 11.5 Å². The van der Waals surface area contributed by atoms with E-state index in [1.807, 2.05) is 6.92 Å². The summed E-state index contributed by atoms with van der Waals surface area (Å²) in [6.45, 7) is 4.32. The lowest BCUT2D eigenvalue weighted by Crippen LogP contribution is -2.24. The van der Waals surface area contributed by atoms with Crippen molar-refractivity contribution in [3.63, 3.8) is 0 Å². The van der Waals surface area contributed by atoms with E-state index in [4.69, 9.17) is 0 Å². The first kappa shape index (κ1) is 10.5. The monoisotopic (exact) mass is 115 g/mol. The molecule has 0 aliphatic carbocycles. The summed E-state index contributed by atoms with van der Waals surface area (Å²) in [5.74, 6) is 0.00231. The molecule has 0 heterocycles. The van der Waals surface area contributed by atoms with Crippen molar-refractivity contribution in [1.29, 1.82) is 0 Å². The van der Waals surface area contributed by atoms with Gasteiger partial charge in [0, 0.05) is 6.54 Å². The minimum absolute atomic E-state index is 0. The summed E-state index contributed by atoms with van der Waals surface area (Å²) in [5.41, 5.74) is 0. The molecule has 0 aromatic heterocycles. The van der Waals surface area contributed by atoms with Gasteiger partial charge in [-0.05, 0) is 6.92 Å². The van der Waals surface area contributed by atoms with Crippen molar-refractivity contribution in [3.05, 3.63) is 0 Å². The first-order valence-electron chi connectivity index (χ1n) is 2.38. The third-order valence-electron chi connectivity index (χ3n) is 0.613. The van der Waals surface area contributed by atoms with Crippen LogP contribution in [0.2, 0.25) is 6.82 Å². The third kappa shape index (κ3) is 5.49. The summed E-state index contributed by atoms with van der Waals surface area (Å²) in [6.07, 6.45) is 0. The van der Waals surface area contributed by atoms with Crippen molar-refractivity contribution in [2.45, 2.75) is 13.7 Å². The molecule has 0 aromatic rings. The van der Waals surface area contributed by atoms with Crippen LogP contribution in [0.4, 0.5) is 4.79 Å². The van der Waals surface area contributed by atoms with Crippen molar-refractivity contribution in [2.24, 2.45) is 0 Å². The van der Waals surface area contributed by atoms with Gasteiger partial charge in [0.05, 0.1) is 0 Å². The Bertz CT molecular complexity index is 67.1. The van der Waals surface area contributed by atoms with Gasteiger partial charge in [-0.1, -0.05) is 6.82 Å². The van der Waals surface area contributed by atoms with Crippen LogP contribution in [-0.2, 0) is 0 Å². The second kappa shape index (κ2) is 6.49. The zero-order chi connectivity index (χ0) is 5.70. The maximum Gasteiger partial charge on any atom is 0.229 e. The summed E-state index contributed by atoms with van der Waals surface area (Å²) >= 11 is 0. The Kier molecular flexibility index (Phi) is 8.50. The van der Waals surface area contributed by atoms with E-state index >= 15 is 0 Å². The number of carbonyl (C=O) groups excluding carboxylic acids is 1. The van der Waals surface area contributed by atoms with Crippen molar-refractivity contribution >= 4 is 13.1 Å². The zero-order valence-electron chi connectivity index (χ0n) is 5.40. The number of amides is 1. The fraction of sp³-hybridized carbons (Fsp3) is 0.750. The molecule has 0 bridgehead atoms. The molecule has 0 atom stereocenters. The average molecular weight is 115 g/mol. The fourth-order valence-corrected chi connectivity index (χ4v) is 0.276. The van der Waals surface area contributed by atoms with Gasteiger partial charge in [0.25, 0.3) is 0 Å². The summed E-state index contributed by atoms with van der Waals surface area (Å²) in [4.78, 5) is 10.2. The van der Waals surface area contributed by atoms with Gasteiger partial charge in [0.2, 0.25) is 7.28 Å². The molecule has 0 saturated heterocycles. The predicted octanol–water partition coefficient (Wildman–Crippen LogP) is 0.630. The molecule has 0 fully saturated rings. The van der Waals surface area contributed by atoms with Crippen LogP contribution in [0.5, 0.6) is 0 Å². The van der Waals surface area contributed by atoms with E-state index in [0.29, 0.717) is 6.54 Å². The van der Waals surface area contributed by atoms with E-state index in [-0.39, 0.29) is 12.0 Å². The van der Waals surface area contributed by atoms with Crippen LogP contribution in [0.3, 0.4) is 0 Å². The first-order chi connectivity index (χ1) is 3.31. The number of hydrogen-bond donors (Lipinski definition) is 2. The second-order valence-corrected chi connectivity index (χ2v) is 1.18. The second-order valence-electron chi connectivity index (χ2n) is 1.18. The normalized spacial score (nSPS) is 6.75. The van der Waals surface area contributed by atoms with E-state index in [1.54, 1.807) is 6.82 Å². The van der Waals surface area contributed by atoms with Crippen LogP contribution in [0.15, 0.2) is 0 Å². The third-order valence-corrected chi connectivity index (χ3v) is 0.613. The van der Waals surface area contributed by atoms with Crippen molar-refractivity contribution < 1.29 is 4.79 Å². The topological polar surface area (TPSA) is 64.1 Å². The van der Waals surface area contributed by atoms with Crippen LogP contribution in [0, 0.1) is 0 Å². The van der Waals surface area contributed by atoms with E-state index < -0.39 is 0 Å². The number of nitrogens with one attached hydrogen (secondary N) is 1. The molecule has 1 amide bonds. The Balaban J connectivity index is 0. The molecule has 1 radical (unpaired) electrons. The summed E-state index contributed by atoms with van der Waals surface area (Å²) in [5, 5.41) is 2.60. The Hall–Kier alpha value is -0.505. The summed E-state index contributed by atoms with van der Waals surface area (Å²) < 4.78 is 0. The molecular weight excluding hydrogens is 103 g/mol. The van der Waals surface area contributed by atoms with E-state index in [0.717, 1.165) is 0 Å². The maximum absolute atomic E-state index is 10.2. The molecule has 4 heteroatoms. The Labute approximate surface area is 50.7 Å². The van der Waals surface area contributed by atoms with Crippen LogP contribution < -0.4 is 11.5 Å². The van der Waals surface area contributed by atoms with Gasteiger partial charge in [0.15, 0.2) is 5.81 Å². The molecule has 0 aliphatic heterocycles. The lowest BCUT2D eigenvalue weighted by molar-refractivity contribution is 0.259. The standard InChI is InChI=1S/C4H9BNO.H3N/c1-3-6-4(7)5-2;/h3H2,1-2H3,(H,6,7);1H3. The lowest BCUT2D eigenvalue weighted by atomic mass is 9.81. The Morgan fingerprint density at radius 1 is 1.75 bits per heavy atom. The maximum atomic E-state index is 10.2. The molecule has 0 aliphatic rings. The van der Waals surface area contributed by atoms with Gasteiger partial charge < -0.3 is 11.5 Å². The van der Waals surface area contributed by atoms with E-state index in [1.165, 1.54) is 7.28 Å². The minimum atomic E-state index is 0. The number of carbonyl (C=O) groups is 1. The highest BCUT2D eigenvalue weighted by molar-refractivity contribution is 6.72. The van der Waals surface area contributed by atoms with Gasteiger partial charge in [-0.2, -0.15) is 0 Å². The average Bonchev–Trinajstić information content (AvgIpc) is 1.68. The summed E-state index contributed by atoms with van der Waals surface area (Å²) in [6, 6.07) is 0. The van der Waals surface area contributed by atoms with E-state index in [9.17, 15) is 4.79 Å². The van der Waals surface area contributed by atoms with Gasteiger partial charge in [-0.3, -0.25) is 4.79 Å². The Morgan fingerprint density at radius 3 is 2.38 bits per heavy atom. The lowest BCUT2D eigenvalue weighted by Gasteiger charge is -1.93. The predicted molar refractivity (Wildman–Crippen MR) is 35.7 cm³/mol. The minimum Gasteiger partial charge on any atom is -0.366 e. The summed E-state index contributed by atoms with van der Waals surface area (Å²) in [7, 11) is 1.50. The smallest absolute Gasteiger partial charge is 0.229 e. The molecule has 0 saturated carbocycles. The van der Waals surface area contributed by atoms with Gasteiger partial charge in [-0.15, -0.1) is 0 Å². The molecule has 0 spiro atoms. The fourth-order valence-electron chi connectivity index (χ4n) is 0.276. The highest BCUT2D eigenvalue weighted by Crippen LogP contribution is 1.62. The SMILES string of the molecule is C[B]C(=O)NCC.N. The van der Waals surface area contributed by atoms with Gasteiger partial charge in [-0.25, -0.2) is 0 Å². The molecule has 3 nitrogen and oxygen atoms in total. The number of hydrogen-bond acceptors (Lipinski definition) is 2. The first-order valence-corrected chi connectivity index (χ1v) is 2.38. The van der Waals surface area contributed by atoms with Crippen LogP contribution >= 0.6 is 0 Å². The zero-order valence-corrected chi connectivity index (χ0v) is 5.40. The molecule has 0 unspecified atom stereocenters. The van der Waals surface area contributed by atoms with Gasteiger partial charge >= 0.3 is 0 Å². The molecule has 8 heavy (non-hydrogen) atoms. The van der Waals surface area contributed by atoms with Crippen LogP contribution in [0.25, 0.3) is 0 Å².